The highest BCUT2D eigenvalue weighted by Crippen LogP contribution is 2.36. The molecule has 1 aromatic carbocycles. The van der Waals surface area contributed by atoms with Crippen LogP contribution in [-0.2, 0) is 6.54 Å². The van der Waals surface area contributed by atoms with Gasteiger partial charge in [0.1, 0.15) is 5.76 Å². The summed E-state index contributed by atoms with van der Waals surface area (Å²) >= 11 is 0. The minimum Gasteiger partial charge on any atom is -0.467 e. The number of furan rings is 1. The number of anilines is 1. The lowest BCUT2D eigenvalue weighted by molar-refractivity contribution is 0.174. The first-order valence-electron chi connectivity index (χ1n) is 8.33. The van der Waals surface area contributed by atoms with E-state index in [-0.39, 0.29) is 12.4 Å². The summed E-state index contributed by atoms with van der Waals surface area (Å²) in [5.41, 5.74) is 1.64. The van der Waals surface area contributed by atoms with E-state index in [4.69, 9.17) is 13.9 Å². The number of nitrogens with one attached hydrogen (secondary N) is 2. The zero-order valence-corrected chi connectivity index (χ0v) is 14.1. The third-order valence-electron chi connectivity index (χ3n) is 4.30. The van der Waals surface area contributed by atoms with E-state index in [9.17, 15) is 4.79 Å². The van der Waals surface area contributed by atoms with E-state index in [0.717, 1.165) is 16.9 Å². The molecule has 0 saturated carbocycles. The van der Waals surface area contributed by atoms with Crippen molar-refractivity contribution in [3.63, 3.8) is 0 Å². The van der Waals surface area contributed by atoms with Crippen molar-refractivity contribution < 1.29 is 13.9 Å². The van der Waals surface area contributed by atoms with Gasteiger partial charge in [-0.25, -0.2) is 4.98 Å². The Morgan fingerprint density at radius 2 is 2.07 bits per heavy atom. The average molecular weight is 362 g/mol. The number of ether oxygens (including phenoxy) is 2. The smallest absolute Gasteiger partial charge is 0.262 e. The molecule has 5 rings (SSSR count). The molecule has 4 aromatic rings. The molecule has 0 atom stereocenters. The highest BCUT2D eigenvalue weighted by atomic mass is 16.7. The SMILES string of the molecule is O=c1[nH]c(NCc2ccco2)nc2nccc(-c3ccc4c(c3)OCO4)c12. The number of hydrogen-bond donors (Lipinski definition) is 2. The monoisotopic (exact) mass is 362 g/mol. The summed E-state index contributed by atoms with van der Waals surface area (Å²) in [6.45, 7) is 0.603. The van der Waals surface area contributed by atoms with Crippen molar-refractivity contribution in [3.05, 3.63) is 65.0 Å². The van der Waals surface area contributed by atoms with E-state index < -0.39 is 0 Å². The number of aromatic amines is 1. The first-order chi connectivity index (χ1) is 13.3. The van der Waals surface area contributed by atoms with Gasteiger partial charge in [0, 0.05) is 6.20 Å². The molecule has 0 amide bonds. The van der Waals surface area contributed by atoms with Gasteiger partial charge in [-0.15, -0.1) is 0 Å². The van der Waals surface area contributed by atoms with Crippen LogP contribution >= 0.6 is 0 Å². The molecule has 8 heteroatoms. The van der Waals surface area contributed by atoms with Gasteiger partial charge in [0.2, 0.25) is 12.7 Å². The number of H-pyrrole nitrogens is 1. The number of aromatic nitrogens is 3. The molecule has 0 unspecified atom stereocenters. The summed E-state index contributed by atoms with van der Waals surface area (Å²) in [5, 5.41) is 3.45. The van der Waals surface area contributed by atoms with Crippen LogP contribution in [0.4, 0.5) is 5.95 Å². The summed E-state index contributed by atoms with van der Waals surface area (Å²) in [6.07, 6.45) is 3.22. The zero-order valence-electron chi connectivity index (χ0n) is 14.1. The Kier molecular flexibility index (Phi) is 3.53. The summed E-state index contributed by atoms with van der Waals surface area (Å²) in [5.74, 6) is 2.41. The lowest BCUT2D eigenvalue weighted by Crippen LogP contribution is -2.14. The zero-order chi connectivity index (χ0) is 18.2. The predicted molar refractivity (Wildman–Crippen MR) is 97.8 cm³/mol. The van der Waals surface area contributed by atoms with Crippen LogP contribution in [0.2, 0.25) is 0 Å². The van der Waals surface area contributed by atoms with Gasteiger partial charge in [0.15, 0.2) is 17.1 Å². The quantitative estimate of drug-likeness (QED) is 0.575. The Hall–Kier alpha value is -3.81. The van der Waals surface area contributed by atoms with Crippen molar-refractivity contribution in [3.8, 4) is 22.6 Å². The Morgan fingerprint density at radius 1 is 1.15 bits per heavy atom. The minimum atomic E-state index is -0.275. The fraction of sp³-hybridized carbons (Fsp3) is 0.105. The van der Waals surface area contributed by atoms with Crippen LogP contribution in [0.15, 0.2) is 58.1 Å². The molecule has 0 fully saturated rings. The summed E-state index contributed by atoms with van der Waals surface area (Å²) in [4.78, 5) is 24.2. The number of rotatable bonds is 4. The second-order valence-electron chi connectivity index (χ2n) is 5.97. The number of benzene rings is 1. The van der Waals surface area contributed by atoms with Crippen LogP contribution in [0.1, 0.15) is 5.76 Å². The number of nitrogens with zero attached hydrogens (tertiary/aromatic N) is 2. The fourth-order valence-corrected chi connectivity index (χ4v) is 3.04. The van der Waals surface area contributed by atoms with Crippen LogP contribution < -0.4 is 20.3 Å². The Labute approximate surface area is 152 Å². The van der Waals surface area contributed by atoms with Crippen molar-refractivity contribution in [1.82, 2.24) is 15.0 Å². The van der Waals surface area contributed by atoms with Crippen molar-refractivity contribution in [2.45, 2.75) is 6.54 Å². The van der Waals surface area contributed by atoms with E-state index >= 15 is 0 Å². The molecule has 2 N–H and O–H groups in total. The number of hydrogen-bond acceptors (Lipinski definition) is 7. The lowest BCUT2D eigenvalue weighted by Gasteiger charge is -2.08. The van der Waals surface area contributed by atoms with Gasteiger partial charge in [-0.3, -0.25) is 9.78 Å². The second-order valence-corrected chi connectivity index (χ2v) is 5.97. The standard InChI is InChI=1S/C19H14N4O4/c24-18-16-13(11-3-4-14-15(8-11)27-10-26-14)5-6-20-17(16)22-19(23-18)21-9-12-2-1-7-25-12/h1-8H,9-10H2,(H2,20,21,22,23,24). The number of pyridine rings is 1. The summed E-state index contributed by atoms with van der Waals surface area (Å²) < 4.78 is 16.0. The van der Waals surface area contributed by atoms with Crippen LogP contribution in [0, 0.1) is 0 Å². The first kappa shape index (κ1) is 15.4. The molecule has 0 aliphatic carbocycles. The molecular formula is C19H14N4O4. The molecule has 3 aromatic heterocycles. The molecule has 8 nitrogen and oxygen atoms in total. The van der Waals surface area contributed by atoms with Crippen LogP contribution in [0.3, 0.4) is 0 Å². The van der Waals surface area contributed by atoms with E-state index in [1.807, 2.05) is 24.3 Å². The third kappa shape index (κ3) is 2.77. The summed E-state index contributed by atoms with van der Waals surface area (Å²) in [6, 6.07) is 11.0. The van der Waals surface area contributed by atoms with Crippen molar-refractivity contribution in [1.29, 1.82) is 0 Å². The second kappa shape index (κ2) is 6.17. The topological polar surface area (TPSA) is 102 Å². The van der Waals surface area contributed by atoms with Gasteiger partial charge < -0.3 is 19.2 Å². The Balaban J connectivity index is 1.55. The molecular weight excluding hydrogens is 348 g/mol. The molecule has 0 bridgehead atoms. The average Bonchev–Trinajstić information content (AvgIpc) is 3.37. The predicted octanol–water partition coefficient (Wildman–Crippen LogP) is 2.92. The number of fused-ring (bicyclic) bond motifs is 2. The Morgan fingerprint density at radius 3 is 2.96 bits per heavy atom. The molecule has 1 aliphatic heterocycles. The van der Waals surface area contributed by atoms with Crippen molar-refractivity contribution >= 4 is 17.0 Å². The van der Waals surface area contributed by atoms with E-state index in [1.165, 1.54) is 0 Å². The van der Waals surface area contributed by atoms with Crippen molar-refractivity contribution in [2.24, 2.45) is 0 Å². The highest BCUT2D eigenvalue weighted by Gasteiger charge is 2.17. The van der Waals surface area contributed by atoms with Crippen LogP contribution in [-0.4, -0.2) is 21.7 Å². The van der Waals surface area contributed by atoms with E-state index in [1.54, 1.807) is 24.6 Å². The lowest BCUT2D eigenvalue weighted by atomic mass is 10.0. The summed E-state index contributed by atoms with van der Waals surface area (Å²) in [7, 11) is 0. The minimum absolute atomic E-state index is 0.197. The molecule has 0 spiro atoms. The third-order valence-corrected chi connectivity index (χ3v) is 4.30. The maximum atomic E-state index is 12.7. The van der Waals surface area contributed by atoms with Crippen molar-refractivity contribution in [2.75, 3.05) is 12.1 Å². The van der Waals surface area contributed by atoms with Gasteiger partial charge >= 0.3 is 0 Å². The maximum absolute atomic E-state index is 12.7. The van der Waals surface area contributed by atoms with E-state index in [2.05, 4.69) is 20.3 Å². The van der Waals surface area contributed by atoms with E-state index in [0.29, 0.717) is 35.0 Å². The molecule has 1 aliphatic rings. The van der Waals surface area contributed by atoms with Crippen LogP contribution in [0.25, 0.3) is 22.2 Å². The molecule has 0 saturated heterocycles. The van der Waals surface area contributed by atoms with Gasteiger partial charge in [-0.1, -0.05) is 6.07 Å². The fourth-order valence-electron chi connectivity index (χ4n) is 3.04. The molecule has 4 heterocycles. The normalized spacial score (nSPS) is 12.4. The maximum Gasteiger partial charge on any atom is 0.262 e. The largest absolute Gasteiger partial charge is 0.467 e. The molecule has 0 radical (unpaired) electrons. The molecule has 27 heavy (non-hydrogen) atoms. The first-order valence-corrected chi connectivity index (χ1v) is 8.33. The van der Waals surface area contributed by atoms with Gasteiger partial charge in [0.25, 0.3) is 5.56 Å². The highest BCUT2D eigenvalue weighted by molar-refractivity contribution is 5.92. The molecule has 134 valence electrons. The van der Waals surface area contributed by atoms with Gasteiger partial charge in [0.05, 0.1) is 18.2 Å². The Bertz CT molecular complexity index is 1180. The van der Waals surface area contributed by atoms with Crippen LogP contribution in [0.5, 0.6) is 11.5 Å². The van der Waals surface area contributed by atoms with Gasteiger partial charge in [-0.2, -0.15) is 4.98 Å². The van der Waals surface area contributed by atoms with Gasteiger partial charge in [-0.05, 0) is 41.5 Å².